The van der Waals surface area contributed by atoms with E-state index in [4.69, 9.17) is 5.11 Å². The third-order valence-electron chi connectivity index (χ3n) is 3.03. The maximum atomic E-state index is 13.6. The van der Waals surface area contributed by atoms with Crippen molar-refractivity contribution < 1.29 is 14.3 Å². The molecule has 4 nitrogen and oxygen atoms in total. The van der Waals surface area contributed by atoms with Crippen LogP contribution in [0.15, 0.2) is 48.7 Å². The zero-order valence-corrected chi connectivity index (χ0v) is 10.4. The van der Waals surface area contributed by atoms with Crippen molar-refractivity contribution in [1.29, 1.82) is 0 Å². The molecule has 1 amide bonds. The number of carbonyl (C=O) groups is 1. The van der Waals surface area contributed by atoms with Gasteiger partial charge in [0.05, 0.1) is 16.8 Å². The van der Waals surface area contributed by atoms with E-state index < -0.39 is 11.7 Å². The molecular formula is C15H11FN2O2. The highest BCUT2D eigenvalue weighted by Gasteiger charge is 2.13. The van der Waals surface area contributed by atoms with Gasteiger partial charge in [0.2, 0.25) is 0 Å². The van der Waals surface area contributed by atoms with Gasteiger partial charge in [-0.3, -0.25) is 4.79 Å². The molecule has 0 aliphatic heterocycles. The molecule has 3 aromatic rings. The lowest BCUT2D eigenvalue weighted by Gasteiger charge is -2.07. The zero-order valence-electron chi connectivity index (χ0n) is 10.4. The van der Waals surface area contributed by atoms with Gasteiger partial charge in [-0.2, -0.15) is 0 Å². The number of anilines is 1. The van der Waals surface area contributed by atoms with E-state index in [-0.39, 0.29) is 11.4 Å². The fourth-order valence-electron chi connectivity index (χ4n) is 2.07. The van der Waals surface area contributed by atoms with Gasteiger partial charge < -0.3 is 15.4 Å². The molecule has 0 saturated carbocycles. The predicted octanol–water partition coefficient (Wildman–Crippen LogP) is 3.26. The zero-order chi connectivity index (χ0) is 14.1. The highest BCUT2D eigenvalue weighted by atomic mass is 19.1. The van der Waals surface area contributed by atoms with Crippen molar-refractivity contribution in [3.05, 3.63) is 60.0 Å². The largest absolute Gasteiger partial charge is 0.508 e. The second kappa shape index (κ2) is 4.70. The lowest BCUT2D eigenvalue weighted by molar-refractivity contribution is 0.102. The first-order valence-corrected chi connectivity index (χ1v) is 6.01. The van der Waals surface area contributed by atoms with Gasteiger partial charge in [-0.15, -0.1) is 0 Å². The van der Waals surface area contributed by atoms with Crippen LogP contribution in [-0.4, -0.2) is 16.0 Å². The number of fused-ring (bicyclic) bond motifs is 1. The summed E-state index contributed by atoms with van der Waals surface area (Å²) in [6.45, 7) is 0. The van der Waals surface area contributed by atoms with Crippen LogP contribution >= 0.6 is 0 Å². The molecule has 1 aromatic heterocycles. The van der Waals surface area contributed by atoms with Gasteiger partial charge in [0.25, 0.3) is 5.91 Å². The first kappa shape index (κ1) is 12.2. The number of nitrogens with one attached hydrogen (secondary N) is 2. The van der Waals surface area contributed by atoms with E-state index in [0.29, 0.717) is 11.1 Å². The Balaban J connectivity index is 1.95. The average molecular weight is 270 g/mol. The van der Waals surface area contributed by atoms with Gasteiger partial charge in [-0.1, -0.05) is 12.1 Å². The fourth-order valence-corrected chi connectivity index (χ4v) is 2.07. The van der Waals surface area contributed by atoms with Crippen molar-refractivity contribution in [2.24, 2.45) is 0 Å². The molecule has 20 heavy (non-hydrogen) atoms. The third kappa shape index (κ3) is 2.09. The van der Waals surface area contributed by atoms with Crippen LogP contribution in [0.1, 0.15) is 10.4 Å². The molecule has 3 N–H and O–H groups in total. The Morgan fingerprint density at radius 1 is 1.20 bits per heavy atom. The summed E-state index contributed by atoms with van der Waals surface area (Å²) in [7, 11) is 0. The molecule has 0 radical (unpaired) electrons. The van der Waals surface area contributed by atoms with Crippen molar-refractivity contribution in [3.63, 3.8) is 0 Å². The normalized spacial score (nSPS) is 10.7. The maximum Gasteiger partial charge on any atom is 0.257 e. The topological polar surface area (TPSA) is 65.1 Å². The van der Waals surface area contributed by atoms with Gasteiger partial charge in [0, 0.05) is 17.6 Å². The molecule has 100 valence electrons. The van der Waals surface area contributed by atoms with Crippen LogP contribution in [0.5, 0.6) is 5.75 Å². The highest BCUT2D eigenvalue weighted by Crippen LogP contribution is 2.22. The number of hydrogen-bond acceptors (Lipinski definition) is 2. The second-order valence-corrected chi connectivity index (χ2v) is 4.37. The summed E-state index contributed by atoms with van der Waals surface area (Å²) in [6.07, 6.45) is 1.74. The van der Waals surface area contributed by atoms with E-state index in [9.17, 15) is 9.18 Å². The minimum atomic E-state index is -0.683. The lowest BCUT2D eigenvalue weighted by Crippen LogP contribution is -2.13. The van der Waals surface area contributed by atoms with Crippen LogP contribution in [0, 0.1) is 5.82 Å². The van der Waals surface area contributed by atoms with Crippen LogP contribution in [0.3, 0.4) is 0 Å². The number of amides is 1. The summed E-state index contributed by atoms with van der Waals surface area (Å²) in [4.78, 5) is 15.2. The maximum absolute atomic E-state index is 13.6. The van der Waals surface area contributed by atoms with Gasteiger partial charge in [-0.25, -0.2) is 4.39 Å². The SMILES string of the molecule is O=C(Nc1ccc(O)cc1F)c1cccc2cc[nH]c12. The molecule has 0 spiro atoms. The van der Waals surface area contributed by atoms with E-state index in [0.717, 1.165) is 11.5 Å². The second-order valence-electron chi connectivity index (χ2n) is 4.37. The van der Waals surface area contributed by atoms with E-state index in [2.05, 4.69) is 10.3 Å². The van der Waals surface area contributed by atoms with Crippen molar-refractivity contribution in [3.8, 4) is 5.75 Å². The van der Waals surface area contributed by atoms with Gasteiger partial charge >= 0.3 is 0 Å². The minimum Gasteiger partial charge on any atom is -0.508 e. The fraction of sp³-hybridized carbons (Fsp3) is 0. The molecule has 5 heteroatoms. The predicted molar refractivity (Wildman–Crippen MR) is 74.3 cm³/mol. The number of phenols is 1. The first-order chi connectivity index (χ1) is 9.65. The number of aromatic hydroxyl groups is 1. The standard InChI is InChI=1S/C15H11FN2O2/c16-12-8-10(19)4-5-13(12)18-15(20)11-3-1-2-9-6-7-17-14(9)11/h1-8,17,19H,(H,18,20). The Bertz CT molecular complexity index is 795. The molecule has 0 unspecified atom stereocenters. The van der Waals surface area contributed by atoms with Crippen molar-refractivity contribution in [2.75, 3.05) is 5.32 Å². The number of para-hydroxylation sites is 1. The van der Waals surface area contributed by atoms with Crippen LogP contribution in [0.4, 0.5) is 10.1 Å². The van der Waals surface area contributed by atoms with Crippen LogP contribution in [0.25, 0.3) is 10.9 Å². The molecule has 3 rings (SSSR count). The summed E-state index contributed by atoms with van der Waals surface area (Å²) in [5, 5.41) is 12.5. The van der Waals surface area contributed by atoms with Crippen molar-refractivity contribution in [1.82, 2.24) is 4.98 Å². The quantitative estimate of drug-likeness (QED) is 0.626. The molecule has 0 aliphatic rings. The monoisotopic (exact) mass is 270 g/mol. The average Bonchev–Trinajstić information content (AvgIpc) is 2.90. The molecule has 0 fully saturated rings. The molecule has 0 aliphatic carbocycles. The Morgan fingerprint density at radius 3 is 2.85 bits per heavy atom. The van der Waals surface area contributed by atoms with Gasteiger partial charge in [0.1, 0.15) is 11.6 Å². The Labute approximate surface area is 113 Å². The van der Waals surface area contributed by atoms with Crippen LogP contribution < -0.4 is 5.32 Å². The van der Waals surface area contributed by atoms with E-state index in [1.165, 1.54) is 12.1 Å². The van der Waals surface area contributed by atoms with E-state index >= 15 is 0 Å². The van der Waals surface area contributed by atoms with Gasteiger partial charge in [-0.05, 0) is 24.3 Å². The number of benzene rings is 2. The highest BCUT2D eigenvalue weighted by molar-refractivity contribution is 6.12. The van der Waals surface area contributed by atoms with E-state index in [1.807, 2.05) is 12.1 Å². The van der Waals surface area contributed by atoms with Crippen LogP contribution in [-0.2, 0) is 0 Å². The summed E-state index contributed by atoms with van der Waals surface area (Å²) >= 11 is 0. The van der Waals surface area contributed by atoms with Gasteiger partial charge in [0.15, 0.2) is 0 Å². The molecule has 1 heterocycles. The van der Waals surface area contributed by atoms with Crippen LogP contribution in [0.2, 0.25) is 0 Å². The Kier molecular flexibility index (Phi) is 2.87. The number of carbonyl (C=O) groups excluding carboxylic acids is 1. The summed E-state index contributed by atoms with van der Waals surface area (Å²) in [6, 6.07) is 10.7. The Hall–Kier alpha value is -2.82. The summed E-state index contributed by atoms with van der Waals surface area (Å²) in [5.74, 6) is -1.29. The Morgan fingerprint density at radius 2 is 2.05 bits per heavy atom. The molecule has 2 aromatic carbocycles. The summed E-state index contributed by atoms with van der Waals surface area (Å²) in [5.41, 5.74) is 1.15. The number of aromatic nitrogens is 1. The number of rotatable bonds is 2. The number of aromatic amines is 1. The number of halogens is 1. The molecular weight excluding hydrogens is 259 g/mol. The molecule has 0 saturated heterocycles. The van der Waals surface area contributed by atoms with E-state index in [1.54, 1.807) is 18.3 Å². The minimum absolute atomic E-state index is 0.0244. The smallest absolute Gasteiger partial charge is 0.257 e. The summed E-state index contributed by atoms with van der Waals surface area (Å²) < 4.78 is 13.6. The third-order valence-corrected chi connectivity index (χ3v) is 3.03. The number of H-pyrrole nitrogens is 1. The molecule has 0 bridgehead atoms. The number of phenolic OH excluding ortho intramolecular Hbond substituents is 1. The van der Waals surface area contributed by atoms with Crippen molar-refractivity contribution >= 4 is 22.5 Å². The molecule has 0 atom stereocenters. The lowest BCUT2D eigenvalue weighted by atomic mass is 10.1. The first-order valence-electron chi connectivity index (χ1n) is 6.01. The number of hydrogen-bond donors (Lipinski definition) is 3. The van der Waals surface area contributed by atoms with Crippen molar-refractivity contribution in [2.45, 2.75) is 0 Å².